The van der Waals surface area contributed by atoms with E-state index >= 15 is 0 Å². The minimum absolute atomic E-state index is 0.232. The van der Waals surface area contributed by atoms with Gasteiger partial charge < -0.3 is 5.32 Å². The molecule has 1 aliphatic carbocycles. The second-order valence-corrected chi connectivity index (χ2v) is 7.68. The minimum Gasteiger partial charge on any atom is -0.317 e. The number of nitrogens with zero attached hydrogens (tertiary/aromatic N) is 1. The van der Waals surface area contributed by atoms with Crippen molar-refractivity contribution in [3.05, 3.63) is 0 Å². The lowest BCUT2D eigenvalue weighted by Crippen LogP contribution is -2.47. The maximum atomic E-state index is 12.5. The van der Waals surface area contributed by atoms with Crippen molar-refractivity contribution in [1.82, 2.24) is 9.62 Å². The molecule has 2 fully saturated rings. The maximum Gasteiger partial charge on any atom is 0.214 e. The van der Waals surface area contributed by atoms with Crippen molar-refractivity contribution in [3.8, 4) is 0 Å². The van der Waals surface area contributed by atoms with Gasteiger partial charge in [0.2, 0.25) is 10.0 Å². The smallest absolute Gasteiger partial charge is 0.214 e. The van der Waals surface area contributed by atoms with Gasteiger partial charge >= 0.3 is 0 Å². The molecule has 0 radical (unpaired) electrons. The molecule has 1 aliphatic heterocycles. The molecule has 0 aromatic carbocycles. The summed E-state index contributed by atoms with van der Waals surface area (Å²) >= 11 is 0. The van der Waals surface area contributed by atoms with Crippen molar-refractivity contribution in [2.24, 2.45) is 5.92 Å². The molecule has 106 valence electrons. The van der Waals surface area contributed by atoms with Crippen molar-refractivity contribution >= 4 is 10.0 Å². The summed E-state index contributed by atoms with van der Waals surface area (Å²) in [5.74, 6) is 1.05. The Morgan fingerprint density at radius 1 is 1.17 bits per heavy atom. The van der Waals surface area contributed by atoms with Crippen molar-refractivity contribution in [2.45, 2.75) is 51.5 Å². The van der Waals surface area contributed by atoms with Crippen LogP contribution in [0, 0.1) is 5.92 Å². The van der Waals surface area contributed by atoms with Crippen LogP contribution in [0.3, 0.4) is 0 Å². The predicted molar refractivity (Wildman–Crippen MR) is 74.0 cm³/mol. The lowest BCUT2D eigenvalue weighted by molar-refractivity contribution is 0.262. The minimum atomic E-state index is -3.03. The fraction of sp³-hybridized carbons (Fsp3) is 1.00. The van der Waals surface area contributed by atoms with Gasteiger partial charge in [0.25, 0.3) is 0 Å². The van der Waals surface area contributed by atoms with Crippen LogP contribution in [0.1, 0.15) is 45.4 Å². The van der Waals surface area contributed by atoms with Crippen LogP contribution in [0.25, 0.3) is 0 Å². The quantitative estimate of drug-likeness (QED) is 0.767. The number of sulfonamides is 1. The summed E-state index contributed by atoms with van der Waals surface area (Å²) in [5.41, 5.74) is 0. The first-order chi connectivity index (χ1) is 8.63. The molecule has 0 atom stereocenters. The van der Waals surface area contributed by atoms with Gasteiger partial charge in [0.1, 0.15) is 0 Å². The van der Waals surface area contributed by atoms with Crippen LogP contribution < -0.4 is 5.32 Å². The highest BCUT2D eigenvalue weighted by Gasteiger charge is 2.32. The molecule has 0 unspecified atom stereocenters. The largest absolute Gasteiger partial charge is 0.317 e. The summed E-state index contributed by atoms with van der Waals surface area (Å²) in [5, 5.41) is 3.30. The molecule has 0 amide bonds. The van der Waals surface area contributed by atoms with Gasteiger partial charge in [-0.3, -0.25) is 0 Å². The molecule has 1 saturated carbocycles. The third-order valence-corrected chi connectivity index (χ3v) is 5.95. The summed E-state index contributed by atoms with van der Waals surface area (Å²) in [6.45, 7) is 4.65. The van der Waals surface area contributed by atoms with Gasteiger partial charge in [-0.05, 0) is 44.7 Å². The van der Waals surface area contributed by atoms with Gasteiger partial charge in [0, 0.05) is 12.6 Å². The average Bonchev–Trinajstić information content (AvgIpc) is 3.18. The van der Waals surface area contributed by atoms with E-state index < -0.39 is 10.0 Å². The molecule has 1 heterocycles. The van der Waals surface area contributed by atoms with Crippen LogP contribution in [0.5, 0.6) is 0 Å². The second-order valence-electron chi connectivity index (χ2n) is 5.64. The van der Waals surface area contributed by atoms with Crippen LogP contribution >= 0.6 is 0 Å². The topological polar surface area (TPSA) is 49.4 Å². The van der Waals surface area contributed by atoms with E-state index in [0.717, 1.165) is 38.8 Å². The Kier molecular flexibility index (Phi) is 5.04. The molecule has 0 bridgehead atoms. The summed E-state index contributed by atoms with van der Waals surface area (Å²) in [6, 6.07) is 0.232. The number of nitrogens with one attached hydrogen (secondary N) is 1. The Balaban J connectivity index is 1.96. The standard InChI is InChI=1S/C13H26N2O2S/c1-2-10-15(13-5-8-14-9-6-13)18(16,17)11-7-12-3-4-12/h12-14H,2-11H2,1H3. The zero-order valence-corrected chi connectivity index (χ0v) is 12.2. The Morgan fingerprint density at radius 2 is 1.83 bits per heavy atom. The van der Waals surface area contributed by atoms with Gasteiger partial charge in [-0.15, -0.1) is 0 Å². The summed E-state index contributed by atoms with van der Waals surface area (Å²) in [4.78, 5) is 0. The SMILES string of the molecule is CCCN(C1CCNCC1)S(=O)(=O)CCC1CC1. The van der Waals surface area contributed by atoms with E-state index in [2.05, 4.69) is 12.2 Å². The van der Waals surface area contributed by atoms with E-state index in [9.17, 15) is 8.42 Å². The molecular formula is C13H26N2O2S. The van der Waals surface area contributed by atoms with Gasteiger partial charge in [0.15, 0.2) is 0 Å². The average molecular weight is 274 g/mol. The fourth-order valence-electron chi connectivity index (χ4n) is 2.70. The van der Waals surface area contributed by atoms with Gasteiger partial charge in [0.05, 0.1) is 5.75 Å². The molecule has 0 aromatic rings. The molecule has 5 heteroatoms. The first kappa shape index (κ1) is 14.3. The van der Waals surface area contributed by atoms with Crippen LogP contribution in [0.2, 0.25) is 0 Å². The Bertz CT molecular complexity index is 346. The second kappa shape index (κ2) is 6.35. The lowest BCUT2D eigenvalue weighted by Gasteiger charge is -2.33. The van der Waals surface area contributed by atoms with Crippen LogP contribution in [0.4, 0.5) is 0 Å². The molecule has 4 nitrogen and oxygen atoms in total. The molecule has 1 N–H and O–H groups in total. The van der Waals surface area contributed by atoms with Crippen molar-refractivity contribution < 1.29 is 8.42 Å². The number of hydrogen-bond donors (Lipinski definition) is 1. The fourth-order valence-corrected chi connectivity index (χ4v) is 4.69. The number of hydrogen-bond acceptors (Lipinski definition) is 3. The number of rotatable bonds is 7. The highest BCUT2D eigenvalue weighted by Crippen LogP contribution is 2.33. The van der Waals surface area contributed by atoms with Crippen molar-refractivity contribution in [1.29, 1.82) is 0 Å². The van der Waals surface area contributed by atoms with Gasteiger partial charge in [-0.1, -0.05) is 19.8 Å². The van der Waals surface area contributed by atoms with E-state index in [1.807, 2.05) is 0 Å². The summed E-state index contributed by atoms with van der Waals surface area (Å²) in [6.07, 6.45) is 6.17. The van der Waals surface area contributed by atoms with Crippen LogP contribution in [-0.4, -0.2) is 44.2 Å². The summed E-state index contributed by atoms with van der Waals surface area (Å²) in [7, 11) is -3.03. The zero-order chi connectivity index (χ0) is 13.0. The third kappa shape index (κ3) is 3.93. The van der Waals surface area contributed by atoms with Crippen molar-refractivity contribution in [2.75, 3.05) is 25.4 Å². The molecule has 18 heavy (non-hydrogen) atoms. The van der Waals surface area contributed by atoms with Crippen LogP contribution in [0.15, 0.2) is 0 Å². The van der Waals surface area contributed by atoms with E-state index in [-0.39, 0.29) is 6.04 Å². The molecule has 1 saturated heterocycles. The normalized spacial score (nSPS) is 22.6. The first-order valence-corrected chi connectivity index (χ1v) is 8.94. The highest BCUT2D eigenvalue weighted by atomic mass is 32.2. The zero-order valence-electron chi connectivity index (χ0n) is 11.4. The third-order valence-electron chi connectivity index (χ3n) is 4.00. The van der Waals surface area contributed by atoms with E-state index in [4.69, 9.17) is 0 Å². The summed E-state index contributed by atoms with van der Waals surface area (Å²) < 4.78 is 26.7. The Morgan fingerprint density at radius 3 is 2.39 bits per heavy atom. The molecule has 2 aliphatic rings. The first-order valence-electron chi connectivity index (χ1n) is 7.33. The monoisotopic (exact) mass is 274 g/mol. The Hall–Kier alpha value is -0.130. The maximum absolute atomic E-state index is 12.5. The molecule has 0 aromatic heterocycles. The van der Waals surface area contributed by atoms with Crippen molar-refractivity contribution in [3.63, 3.8) is 0 Å². The van der Waals surface area contributed by atoms with Crippen LogP contribution in [-0.2, 0) is 10.0 Å². The van der Waals surface area contributed by atoms with Gasteiger partial charge in [-0.2, -0.15) is 4.31 Å². The van der Waals surface area contributed by atoms with E-state index in [0.29, 0.717) is 18.2 Å². The van der Waals surface area contributed by atoms with Gasteiger partial charge in [-0.25, -0.2) is 8.42 Å². The predicted octanol–water partition coefficient (Wildman–Crippen LogP) is 1.58. The molecule has 2 rings (SSSR count). The Labute approximate surface area is 111 Å². The van der Waals surface area contributed by atoms with E-state index in [1.165, 1.54) is 12.8 Å². The molecule has 0 spiro atoms. The van der Waals surface area contributed by atoms with E-state index in [1.54, 1.807) is 4.31 Å². The lowest BCUT2D eigenvalue weighted by atomic mass is 10.1. The highest BCUT2D eigenvalue weighted by molar-refractivity contribution is 7.89. The number of piperidine rings is 1. The molecular weight excluding hydrogens is 248 g/mol.